The number of thiophene rings is 1. The molecule has 3 heteroatoms. The van der Waals surface area contributed by atoms with E-state index >= 15 is 0 Å². The summed E-state index contributed by atoms with van der Waals surface area (Å²) in [6, 6.07) is 13.8. The fraction of sp³-hybridized carbons (Fsp3) is 0.154. The molecule has 8 bridgehead atoms. The molecule has 1 aromatic heterocycles. The van der Waals surface area contributed by atoms with E-state index in [9.17, 15) is 0 Å². The first kappa shape index (κ1) is 26.6. The maximum absolute atomic E-state index is 5.19. The van der Waals surface area contributed by atoms with Gasteiger partial charge in [0.1, 0.15) is 11.4 Å². The number of rotatable bonds is 2. The Balaban J connectivity index is 1.53. The van der Waals surface area contributed by atoms with E-state index < -0.39 is 0 Å². The lowest BCUT2D eigenvalue weighted by atomic mass is 9.91. The summed E-state index contributed by atoms with van der Waals surface area (Å²) >= 11 is 1.88. The molecule has 1 aliphatic carbocycles. The molecule has 2 nitrogen and oxygen atoms in total. The SMILES string of the molecule is Cc1cc(C)c(C2=C3C=CC(=N3)C=C3C=CC(=C3)C=C3C=CC(=C(c4c(C)cc(C)cc4C)c4ccc2s4)[NH2+]3)c(C)c1. The first-order valence-corrected chi connectivity index (χ1v) is 15.4. The molecular formula is C39H35N2S+. The van der Waals surface area contributed by atoms with E-state index in [-0.39, 0.29) is 0 Å². The Morgan fingerprint density at radius 1 is 0.571 bits per heavy atom. The quantitative estimate of drug-likeness (QED) is 0.324. The minimum atomic E-state index is 0.986. The third-order valence-electron chi connectivity index (χ3n) is 8.39. The van der Waals surface area contributed by atoms with Crippen LogP contribution in [-0.2, 0) is 0 Å². The van der Waals surface area contributed by atoms with Gasteiger partial charge in [-0.25, -0.2) is 4.99 Å². The fourth-order valence-electron chi connectivity index (χ4n) is 6.87. The molecule has 0 spiro atoms. The highest BCUT2D eigenvalue weighted by atomic mass is 32.1. The number of aliphatic imine (C=N–C) groups is 1. The van der Waals surface area contributed by atoms with Gasteiger partial charge < -0.3 is 0 Å². The molecule has 4 aliphatic rings. The Morgan fingerprint density at radius 3 is 1.79 bits per heavy atom. The van der Waals surface area contributed by atoms with Crippen LogP contribution in [0.2, 0.25) is 0 Å². The largest absolute Gasteiger partial charge is 0.281 e. The highest BCUT2D eigenvalue weighted by Crippen LogP contribution is 2.42. The number of benzene rings is 2. The molecule has 0 fully saturated rings. The van der Waals surface area contributed by atoms with Crippen molar-refractivity contribution in [1.29, 1.82) is 0 Å². The third-order valence-corrected chi connectivity index (χ3v) is 9.51. The summed E-state index contributed by atoms with van der Waals surface area (Å²) in [5, 5.41) is 2.35. The minimum Gasteiger partial charge on any atom is -0.281 e. The van der Waals surface area contributed by atoms with E-state index in [1.54, 1.807) is 0 Å². The number of nitrogens with two attached hydrogens (primary N) is 1. The predicted molar refractivity (Wildman–Crippen MR) is 179 cm³/mol. The van der Waals surface area contributed by atoms with Crippen molar-refractivity contribution in [2.24, 2.45) is 4.99 Å². The van der Waals surface area contributed by atoms with Crippen molar-refractivity contribution in [3.8, 4) is 0 Å². The van der Waals surface area contributed by atoms with Crippen LogP contribution in [0.4, 0.5) is 0 Å². The van der Waals surface area contributed by atoms with Gasteiger partial charge in [0.05, 0.1) is 17.0 Å². The first-order valence-electron chi connectivity index (χ1n) is 14.6. The van der Waals surface area contributed by atoms with Crippen LogP contribution in [0.25, 0.3) is 11.1 Å². The second-order valence-electron chi connectivity index (χ2n) is 11.9. The Labute approximate surface area is 252 Å². The Kier molecular flexibility index (Phi) is 6.46. The molecule has 0 saturated heterocycles. The molecule has 42 heavy (non-hydrogen) atoms. The number of hydrogen-bond acceptors (Lipinski definition) is 2. The lowest BCUT2D eigenvalue weighted by molar-refractivity contribution is -0.538. The maximum atomic E-state index is 5.19. The smallest absolute Gasteiger partial charge is 0.144 e. The molecule has 4 heterocycles. The average molecular weight is 564 g/mol. The number of allylic oxidation sites excluding steroid dienone is 11. The summed E-state index contributed by atoms with van der Waals surface area (Å²) in [5.41, 5.74) is 19.8. The van der Waals surface area contributed by atoms with Crippen LogP contribution < -0.4 is 5.32 Å². The lowest BCUT2D eigenvalue weighted by Crippen LogP contribution is -2.77. The van der Waals surface area contributed by atoms with E-state index in [1.165, 1.54) is 87.9 Å². The van der Waals surface area contributed by atoms with Crippen molar-refractivity contribution in [2.75, 3.05) is 0 Å². The van der Waals surface area contributed by atoms with Gasteiger partial charge in [-0.05, 0) is 123 Å². The summed E-state index contributed by atoms with van der Waals surface area (Å²) in [5.74, 6) is 0. The zero-order valence-electron chi connectivity index (χ0n) is 25.1. The highest BCUT2D eigenvalue weighted by Gasteiger charge is 2.26. The van der Waals surface area contributed by atoms with Crippen molar-refractivity contribution in [3.63, 3.8) is 0 Å². The van der Waals surface area contributed by atoms with E-state index in [0.29, 0.717) is 0 Å². The summed E-state index contributed by atoms with van der Waals surface area (Å²) in [6.45, 7) is 13.3. The third kappa shape index (κ3) is 4.69. The second-order valence-corrected chi connectivity index (χ2v) is 13.0. The maximum Gasteiger partial charge on any atom is 0.144 e. The number of hydrogen-bond donors (Lipinski definition) is 1. The van der Waals surface area contributed by atoms with Crippen LogP contribution in [0, 0.1) is 41.5 Å². The van der Waals surface area contributed by atoms with E-state index in [1.807, 2.05) is 11.3 Å². The van der Waals surface area contributed by atoms with Crippen molar-refractivity contribution in [3.05, 3.63) is 174 Å². The summed E-state index contributed by atoms with van der Waals surface area (Å²) < 4.78 is 0. The zero-order valence-corrected chi connectivity index (χ0v) is 25.9. The average Bonchev–Trinajstić information content (AvgIpc) is 3.72. The number of quaternary nitrogens is 1. The van der Waals surface area contributed by atoms with E-state index in [0.717, 1.165) is 11.4 Å². The molecule has 3 aromatic rings. The Bertz CT molecular complexity index is 1940. The van der Waals surface area contributed by atoms with E-state index in [2.05, 4.69) is 138 Å². The molecule has 3 aliphatic heterocycles. The van der Waals surface area contributed by atoms with Crippen LogP contribution in [0.3, 0.4) is 0 Å². The Hall–Kier alpha value is -4.31. The van der Waals surface area contributed by atoms with Crippen molar-refractivity contribution in [2.45, 2.75) is 41.5 Å². The summed E-state index contributed by atoms with van der Waals surface area (Å²) in [6.07, 6.45) is 20.0. The van der Waals surface area contributed by atoms with Crippen molar-refractivity contribution < 1.29 is 5.32 Å². The normalized spacial score (nSPS) is 17.3. The van der Waals surface area contributed by atoms with Gasteiger partial charge in [-0.3, -0.25) is 5.32 Å². The van der Waals surface area contributed by atoms with Gasteiger partial charge in [0.2, 0.25) is 0 Å². The van der Waals surface area contributed by atoms with Gasteiger partial charge in [0, 0.05) is 33.6 Å². The molecular weight excluding hydrogens is 529 g/mol. The summed E-state index contributed by atoms with van der Waals surface area (Å²) in [7, 11) is 0. The first-order chi connectivity index (χ1) is 20.2. The molecule has 2 N–H and O–H groups in total. The van der Waals surface area contributed by atoms with Crippen molar-refractivity contribution in [1.82, 2.24) is 0 Å². The topological polar surface area (TPSA) is 29.0 Å². The summed E-state index contributed by atoms with van der Waals surface area (Å²) in [4.78, 5) is 7.71. The van der Waals surface area contributed by atoms with Gasteiger partial charge in [0.15, 0.2) is 0 Å². The lowest BCUT2D eigenvalue weighted by Gasteiger charge is -2.16. The predicted octanol–water partition coefficient (Wildman–Crippen LogP) is 8.58. The molecule has 7 rings (SSSR count). The fourth-order valence-corrected chi connectivity index (χ4v) is 8.01. The van der Waals surface area contributed by atoms with Crippen LogP contribution in [-0.4, -0.2) is 5.71 Å². The molecule has 0 unspecified atom stereocenters. The molecule has 2 aromatic carbocycles. The van der Waals surface area contributed by atoms with E-state index in [4.69, 9.17) is 4.99 Å². The molecule has 0 amide bonds. The molecule has 0 saturated carbocycles. The van der Waals surface area contributed by atoms with Gasteiger partial charge in [-0.2, -0.15) is 0 Å². The Morgan fingerprint density at radius 2 is 1.14 bits per heavy atom. The minimum absolute atomic E-state index is 0.986. The standard InChI is InChI=1S/C39H34N2S/c1-22-15-24(3)36(25(4)16-22)38-32-11-9-30(40-32)20-28-7-8-29(19-28)21-31-10-12-33(41-31)39(35-14-13-34(38)42-35)37-26(5)17-23(2)18-27(37)6/h7-21,40H,1-6H3/p+1. The van der Waals surface area contributed by atoms with Crippen LogP contribution in [0.1, 0.15) is 54.3 Å². The molecule has 0 radical (unpaired) electrons. The zero-order chi connectivity index (χ0) is 29.1. The number of nitrogens with zero attached hydrogens (tertiary/aromatic N) is 1. The van der Waals surface area contributed by atoms with Crippen LogP contribution in [0.15, 0.2) is 124 Å². The van der Waals surface area contributed by atoms with Crippen LogP contribution in [0.5, 0.6) is 0 Å². The number of fused-ring (bicyclic) bond motifs is 6. The van der Waals surface area contributed by atoms with Gasteiger partial charge in [0.25, 0.3) is 0 Å². The monoisotopic (exact) mass is 563 g/mol. The van der Waals surface area contributed by atoms with Gasteiger partial charge in [-0.15, -0.1) is 11.3 Å². The second kappa shape index (κ2) is 10.2. The van der Waals surface area contributed by atoms with Crippen molar-refractivity contribution >= 4 is 28.2 Å². The number of aryl methyl sites for hydroxylation is 6. The molecule has 206 valence electrons. The van der Waals surface area contributed by atoms with Gasteiger partial charge in [-0.1, -0.05) is 47.5 Å². The molecule has 0 atom stereocenters. The highest BCUT2D eigenvalue weighted by molar-refractivity contribution is 7.14. The van der Waals surface area contributed by atoms with Crippen LogP contribution >= 0.6 is 11.3 Å². The van der Waals surface area contributed by atoms with Gasteiger partial charge >= 0.3 is 0 Å².